The van der Waals surface area contributed by atoms with Crippen LogP contribution in [0.2, 0.25) is 0 Å². The Bertz CT molecular complexity index is 524. The van der Waals surface area contributed by atoms with Gasteiger partial charge in [0.1, 0.15) is 5.76 Å². The minimum Gasteiger partial charge on any atom is -0.469 e. The number of nitrogens with zero attached hydrogens (tertiary/aromatic N) is 1. The molecule has 1 aromatic heterocycles. The highest BCUT2D eigenvalue weighted by molar-refractivity contribution is 5.51. The molecule has 1 heterocycles. The molecule has 0 aliphatic carbocycles. The van der Waals surface area contributed by atoms with Crippen molar-refractivity contribution in [1.82, 2.24) is 0 Å². The zero-order valence-electron chi connectivity index (χ0n) is 9.73. The lowest BCUT2D eigenvalue weighted by Gasteiger charge is -2.06. The van der Waals surface area contributed by atoms with Gasteiger partial charge in [0.15, 0.2) is 0 Å². The van der Waals surface area contributed by atoms with Crippen molar-refractivity contribution in [3.05, 3.63) is 53.5 Å². The van der Waals surface area contributed by atoms with Gasteiger partial charge in [0.2, 0.25) is 0 Å². The van der Waals surface area contributed by atoms with Crippen LogP contribution in [-0.4, -0.2) is 6.54 Å². The van der Waals surface area contributed by atoms with E-state index in [9.17, 15) is 0 Å². The van der Waals surface area contributed by atoms with Crippen molar-refractivity contribution in [2.45, 2.75) is 13.3 Å². The normalized spacial score (nSPS) is 9.88. The van der Waals surface area contributed by atoms with Crippen molar-refractivity contribution in [2.75, 3.05) is 11.9 Å². The first-order valence-electron chi connectivity index (χ1n) is 5.56. The van der Waals surface area contributed by atoms with Crippen LogP contribution in [0.4, 0.5) is 5.69 Å². The summed E-state index contributed by atoms with van der Waals surface area (Å²) in [4.78, 5) is 0. The summed E-state index contributed by atoms with van der Waals surface area (Å²) in [5, 5.41) is 12.1. The molecular weight excluding hydrogens is 212 g/mol. The molecule has 2 rings (SSSR count). The van der Waals surface area contributed by atoms with Gasteiger partial charge in [-0.15, -0.1) is 0 Å². The Morgan fingerprint density at radius 2 is 2.24 bits per heavy atom. The van der Waals surface area contributed by atoms with Crippen LogP contribution in [0, 0.1) is 18.3 Å². The fraction of sp³-hybridized carbons (Fsp3) is 0.214. The molecule has 0 aliphatic rings. The standard InChI is InChI=1S/C14H14N2O/c1-11-9-13(5-4-12(11)10-15)16-7-6-14-3-2-8-17-14/h2-5,8-9,16H,6-7H2,1H3. The lowest BCUT2D eigenvalue weighted by atomic mass is 10.1. The average molecular weight is 226 g/mol. The summed E-state index contributed by atoms with van der Waals surface area (Å²) in [5.41, 5.74) is 2.75. The van der Waals surface area contributed by atoms with Gasteiger partial charge in [-0.3, -0.25) is 0 Å². The van der Waals surface area contributed by atoms with Gasteiger partial charge in [0, 0.05) is 18.7 Å². The second-order valence-electron chi connectivity index (χ2n) is 3.90. The fourth-order valence-corrected chi connectivity index (χ4v) is 1.68. The topological polar surface area (TPSA) is 49.0 Å². The molecule has 0 saturated heterocycles. The van der Waals surface area contributed by atoms with E-state index in [1.54, 1.807) is 6.26 Å². The number of furan rings is 1. The summed E-state index contributed by atoms with van der Waals surface area (Å²) in [6, 6.07) is 11.8. The molecule has 3 heteroatoms. The summed E-state index contributed by atoms with van der Waals surface area (Å²) in [6.45, 7) is 2.76. The number of nitriles is 1. The monoisotopic (exact) mass is 226 g/mol. The quantitative estimate of drug-likeness (QED) is 0.871. The molecule has 0 saturated carbocycles. The molecule has 0 atom stereocenters. The van der Waals surface area contributed by atoms with Gasteiger partial charge >= 0.3 is 0 Å². The number of anilines is 1. The van der Waals surface area contributed by atoms with Gasteiger partial charge in [0.05, 0.1) is 17.9 Å². The molecule has 0 spiro atoms. The summed E-state index contributed by atoms with van der Waals surface area (Å²) in [6.07, 6.45) is 2.53. The van der Waals surface area contributed by atoms with E-state index < -0.39 is 0 Å². The van der Waals surface area contributed by atoms with Crippen LogP contribution >= 0.6 is 0 Å². The summed E-state index contributed by atoms with van der Waals surface area (Å²) < 4.78 is 5.25. The van der Waals surface area contributed by atoms with Gasteiger partial charge in [-0.25, -0.2) is 0 Å². The second-order valence-corrected chi connectivity index (χ2v) is 3.90. The van der Waals surface area contributed by atoms with E-state index in [4.69, 9.17) is 9.68 Å². The first-order valence-corrected chi connectivity index (χ1v) is 5.56. The van der Waals surface area contributed by atoms with Crippen molar-refractivity contribution < 1.29 is 4.42 Å². The molecule has 1 N–H and O–H groups in total. The van der Waals surface area contributed by atoms with Crippen LogP contribution in [0.3, 0.4) is 0 Å². The first kappa shape index (κ1) is 11.3. The Hall–Kier alpha value is -2.21. The minimum absolute atomic E-state index is 0.724. The smallest absolute Gasteiger partial charge is 0.105 e. The highest BCUT2D eigenvalue weighted by atomic mass is 16.3. The molecule has 2 aromatic rings. The molecule has 0 unspecified atom stereocenters. The highest BCUT2D eigenvalue weighted by Crippen LogP contribution is 2.14. The molecule has 0 radical (unpaired) electrons. The Morgan fingerprint density at radius 1 is 1.35 bits per heavy atom. The van der Waals surface area contributed by atoms with Crippen molar-refractivity contribution in [3.63, 3.8) is 0 Å². The Balaban J connectivity index is 1.91. The summed E-state index contributed by atoms with van der Waals surface area (Å²) in [7, 11) is 0. The van der Waals surface area contributed by atoms with Crippen molar-refractivity contribution >= 4 is 5.69 Å². The zero-order valence-corrected chi connectivity index (χ0v) is 9.73. The number of benzene rings is 1. The van der Waals surface area contributed by atoms with E-state index in [0.29, 0.717) is 0 Å². The fourth-order valence-electron chi connectivity index (χ4n) is 1.68. The van der Waals surface area contributed by atoms with Gasteiger partial charge in [-0.2, -0.15) is 5.26 Å². The number of hydrogen-bond donors (Lipinski definition) is 1. The van der Waals surface area contributed by atoms with E-state index in [-0.39, 0.29) is 0 Å². The van der Waals surface area contributed by atoms with Crippen molar-refractivity contribution in [2.24, 2.45) is 0 Å². The molecular formula is C14H14N2O. The number of hydrogen-bond acceptors (Lipinski definition) is 3. The van der Waals surface area contributed by atoms with Gasteiger partial charge < -0.3 is 9.73 Å². The van der Waals surface area contributed by atoms with E-state index >= 15 is 0 Å². The molecule has 86 valence electrons. The van der Waals surface area contributed by atoms with Crippen LogP contribution in [0.15, 0.2) is 41.0 Å². The number of nitrogens with one attached hydrogen (secondary N) is 1. The maximum atomic E-state index is 8.83. The predicted octanol–water partition coefficient (Wildman–Crippen LogP) is 3.11. The third-order valence-corrected chi connectivity index (χ3v) is 2.63. The summed E-state index contributed by atoms with van der Waals surface area (Å²) in [5.74, 6) is 0.975. The Kier molecular flexibility index (Phi) is 3.46. The molecule has 0 amide bonds. The molecule has 0 aliphatic heterocycles. The SMILES string of the molecule is Cc1cc(NCCc2ccco2)ccc1C#N. The number of aryl methyl sites for hydroxylation is 1. The first-order chi connectivity index (χ1) is 8.29. The van der Waals surface area contributed by atoms with E-state index in [2.05, 4.69) is 11.4 Å². The second kappa shape index (κ2) is 5.22. The molecule has 1 aromatic carbocycles. The largest absolute Gasteiger partial charge is 0.469 e. The maximum absolute atomic E-state index is 8.83. The van der Waals surface area contributed by atoms with Gasteiger partial charge in [0.25, 0.3) is 0 Å². The lowest BCUT2D eigenvalue weighted by Crippen LogP contribution is -2.04. The van der Waals surface area contributed by atoms with Crippen molar-refractivity contribution in [3.8, 4) is 6.07 Å². The summed E-state index contributed by atoms with van der Waals surface area (Å²) >= 11 is 0. The molecule has 0 bridgehead atoms. The molecule has 3 nitrogen and oxygen atoms in total. The predicted molar refractivity (Wildman–Crippen MR) is 66.8 cm³/mol. The third-order valence-electron chi connectivity index (χ3n) is 2.63. The maximum Gasteiger partial charge on any atom is 0.105 e. The van der Waals surface area contributed by atoms with E-state index in [1.807, 2.05) is 37.3 Å². The average Bonchev–Trinajstić information content (AvgIpc) is 2.82. The van der Waals surface area contributed by atoms with E-state index in [1.165, 1.54) is 0 Å². The lowest BCUT2D eigenvalue weighted by molar-refractivity contribution is 0.513. The van der Waals surface area contributed by atoms with Crippen molar-refractivity contribution in [1.29, 1.82) is 5.26 Å². The molecule has 0 fully saturated rings. The van der Waals surface area contributed by atoms with Crippen LogP contribution in [0.1, 0.15) is 16.9 Å². The Labute approximate surface area is 101 Å². The minimum atomic E-state index is 0.724. The van der Waals surface area contributed by atoms with Gasteiger partial charge in [-0.1, -0.05) is 0 Å². The highest BCUT2D eigenvalue weighted by Gasteiger charge is 1.99. The van der Waals surface area contributed by atoms with Gasteiger partial charge in [-0.05, 0) is 42.8 Å². The van der Waals surface area contributed by atoms with Crippen LogP contribution in [0.25, 0.3) is 0 Å². The van der Waals surface area contributed by atoms with Crippen LogP contribution < -0.4 is 5.32 Å². The molecule has 17 heavy (non-hydrogen) atoms. The van der Waals surface area contributed by atoms with E-state index in [0.717, 1.165) is 35.5 Å². The number of rotatable bonds is 4. The third kappa shape index (κ3) is 2.88. The van der Waals surface area contributed by atoms with Crippen LogP contribution in [0.5, 0.6) is 0 Å². The Morgan fingerprint density at radius 3 is 2.88 bits per heavy atom. The van der Waals surface area contributed by atoms with Crippen LogP contribution in [-0.2, 0) is 6.42 Å². The zero-order chi connectivity index (χ0) is 12.1.